The number of ether oxygens (including phenoxy) is 2. The zero-order chi connectivity index (χ0) is 16.2. The molecule has 0 fully saturated rings. The minimum atomic E-state index is -0.343. The van der Waals surface area contributed by atoms with Crippen molar-refractivity contribution in [3.63, 3.8) is 0 Å². The first-order valence-electron chi connectivity index (χ1n) is 7.32. The van der Waals surface area contributed by atoms with E-state index in [-0.39, 0.29) is 24.0 Å². The molecule has 0 aliphatic carbocycles. The number of rotatable bonds is 5. The molecule has 3 N–H and O–H groups in total. The molecule has 0 radical (unpaired) electrons. The lowest BCUT2D eigenvalue weighted by atomic mass is 10.0. The van der Waals surface area contributed by atoms with Crippen LogP contribution in [0.1, 0.15) is 16.7 Å². The van der Waals surface area contributed by atoms with Gasteiger partial charge in [0.15, 0.2) is 5.88 Å². The fraction of sp³-hybridized carbons (Fsp3) is 0.167. The Hall–Kier alpha value is -2.82. The summed E-state index contributed by atoms with van der Waals surface area (Å²) in [7, 11) is 0. The Labute approximate surface area is 133 Å². The van der Waals surface area contributed by atoms with E-state index in [9.17, 15) is 4.39 Å². The highest BCUT2D eigenvalue weighted by Crippen LogP contribution is 2.29. The summed E-state index contributed by atoms with van der Waals surface area (Å²) in [5, 5.41) is 8.16. The molecule has 0 saturated carbocycles. The van der Waals surface area contributed by atoms with Gasteiger partial charge >= 0.3 is 0 Å². The lowest BCUT2D eigenvalue weighted by Crippen LogP contribution is -2.08. The van der Waals surface area contributed by atoms with Crippen molar-refractivity contribution in [2.45, 2.75) is 13.0 Å². The Balaban J connectivity index is 1.70. The number of allylic oxidation sites excluding steroid dienone is 1. The molecular formula is C18H17FN2O2. The number of halogens is 1. The van der Waals surface area contributed by atoms with Crippen molar-refractivity contribution < 1.29 is 13.9 Å². The van der Waals surface area contributed by atoms with Crippen LogP contribution in [-0.4, -0.2) is 12.3 Å². The van der Waals surface area contributed by atoms with Gasteiger partial charge in [-0.2, -0.15) is 0 Å². The molecular weight excluding hydrogens is 295 g/mol. The van der Waals surface area contributed by atoms with Crippen LogP contribution in [0, 0.1) is 11.2 Å². The van der Waals surface area contributed by atoms with Gasteiger partial charge in [0, 0.05) is 23.6 Å². The molecule has 0 aromatic heterocycles. The highest BCUT2D eigenvalue weighted by atomic mass is 19.1. The van der Waals surface area contributed by atoms with Gasteiger partial charge in [-0.25, -0.2) is 4.39 Å². The number of para-hydroxylation sites is 1. The third-order valence-corrected chi connectivity index (χ3v) is 3.64. The predicted octanol–water partition coefficient (Wildman–Crippen LogP) is 3.15. The van der Waals surface area contributed by atoms with Gasteiger partial charge in [-0.3, -0.25) is 5.41 Å². The standard InChI is InChI=1S/C18H17FN2O2/c19-15-7-2-1-4-13(15)11-23-17(21)10-16(20)14-6-3-5-12-8-9-22-18(12)14/h1-7,10,20H,8-9,11,21H2. The lowest BCUT2D eigenvalue weighted by Gasteiger charge is -2.09. The van der Waals surface area contributed by atoms with E-state index >= 15 is 0 Å². The summed E-state index contributed by atoms with van der Waals surface area (Å²) in [5.74, 6) is 0.453. The highest BCUT2D eigenvalue weighted by Gasteiger charge is 2.17. The van der Waals surface area contributed by atoms with E-state index in [1.807, 2.05) is 18.2 Å². The molecule has 1 aliphatic heterocycles. The van der Waals surface area contributed by atoms with Crippen molar-refractivity contribution in [2.24, 2.45) is 5.73 Å². The van der Waals surface area contributed by atoms with E-state index in [0.717, 1.165) is 17.7 Å². The number of hydrogen-bond acceptors (Lipinski definition) is 4. The van der Waals surface area contributed by atoms with Crippen molar-refractivity contribution in [1.29, 1.82) is 5.41 Å². The summed E-state index contributed by atoms with van der Waals surface area (Å²) in [5.41, 5.74) is 8.18. The molecule has 0 amide bonds. The molecule has 0 unspecified atom stereocenters. The summed E-state index contributed by atoms with van der Waals surface area (Å²) in [6, 6.07) is 12.0. The first-order valence-corrected chi connectivity index (χ1v) is 7.32. The molecule has 0 bridgehead atoms. The van der Waals surface area contributed by atoms with E-state index in [1.165, 1.54) is 12.1 Å². The average Bonchev–Trinajstić information content (AvgIpc) is 3.02. The fourth-order valence-corrected chi connectivity index (χ4v) is 2.47. The summed E-state index contributed by atoms with van der Waals surface area (Å²) < 4.78 is 24.4. The maximum Gasteiger partial charge on any atom is 0.186 e. The van der Waals surface area contributed by atoms with Crippen LogP contribution < -0.4 is 10.5 Å². The number of fused-ring (bicyclic) bond motifs is 1. The zero-order valence-electron chi connectivity index (χ0n) is 12.5. The van der Waals surface area contributed by atoms with Crippen molar-refractivity contribution in [3.8, 4) is 5.75 Å². The van der Waals surface area contributed by atoms with Gasteiger partial charge in [0.25, 0.3) is 0 Å². The zero-order valence-corrected chi connectivity index (χ0v) is 12.5. The van der Waals surface area contributed by atoms with Gasteiger partial charge in [-0.1, -0.05) is 30.3 Å². The number of hydrogen-bond donors (Lipinski definition) is 2. The van der Waals surface area contributed by atoms with E-state index < -0.39 is 0 Å². The summed E-state index contributed by atoms with van der Waals surface area (Å²) in [4.78, 5) is 0. The Morgan fingerprint density at radius 1 is 1.26 bits per heavy atom. The molecule has 0 saturated heterocycles. The van der Waals surface area contributed by atoms with Gasteiger partial charge < -0.3 is 15.2 Å². The molecule has 4 nitrogen and oxygen atoms in total. The monoisotopic (exact) mass is 312 g/mol. The molecule has 118 valence electrons. The molecule has 2 aromatic carbocycles. The quantitative estimate of drug-likeness (QED) is 0.658. The molecule has 1 heterocycles. The molecule has 0 atom stereocenters. The molecule has 2 aromatic rings. The number of nitrogens with two attached hydrogens (primary N) is 1. The normalized spacial score (nSPS) is 13.3. The third kappa shape index (κ3) is 3.34. The maximum atomic E-state index is 13.5. The molecule has 5 heteroatoms. The largest absolute Gasteiger partial charge is 0.492 e. The van der Waals surface area contributed by atoms with Gasteiger partial charge in [0.2, 0.25) is 0 Å². The maximum absolute atomic E-state index is 13.5. The van der Waals surface area contributed by atoms with Crippen LogP contribution in [0.5, 0.6) is 5.75 Å². The van der Waals surface area contributed by atoms with Crippen LogP contribution in [0.4, 0.5) is 4.39 Å². The fourth-order valence-electron chi connectivity index (χ4n) is 2.47. The third-order valence-electron chi connectivity index (χ3n) is 3.64. The molecule has 3 rings (SSSR count). The van der Waals surface area contributed by atoms with Crippen molar-refractivity contribution in [3.05, 3.63) is 76.9 Å². The molecule has 23 heavy (non-hydrogen) atoms. The van der Waals surface area contributed by atoms with Gasteiger partial charge in [0.1, 0.15) is 18.2 Å². The summed E-state index contributed by atoms with van der Waals surface area (Å²) >= 11 is 0. The van der Waals surface area contributed by atoms with Crippen LogP contribution in [0.3, 0.4) is 0 Å². The predicted molar refractivity (Wildman–Crippen MR) is 85.9 cm³/mol. The molecule has 0 spiro atoms. The number of benzene rings is 2. The molecule has 1 aliphatic rings. The van der Waals surface area contributed by atoms with Crippen molar-refractivity contribution >= 4 is 5.71 Å². The summed E-state index contributed by atoms with van der Waals surface area (Å²) in [6.07, 6.45) is 2.26. The Morgan fingerprint density at radius 3 is 2.91 bits per heavy atom. The first-order chi connectivity index (χ1) is 11.1. The van der Waals surface area contributed by atoms with E-state index in [0.29, 0.717) is 17.7 Å². The Bertz CT molecular complexity index is 771. The summed E-state index contributed by atoms with van der Waals surface area (Å²) in [6.45, 7) is 0.647. The topological polar surface area (TPSA) is 68.3 Å². The van der Waals surface area contributed by atoms with Gasteiger partial charge in [-0.05, 0) is 17.7 Å². The highest BCUT2D eigenvalue weighted by molar-refractivity contribution is 6.08. The second kappa shape index (κ2) is 6.52. The minimum absolute atomic E-state index is 0.0195. The first kappa shape index (κ1) is 15.1. The second-order valence-corrected chi connectivity index (χ2v) is 5.23. The minimum Gasteiger partial charge on any atom is -0.492 e. The van der Waals surface area contributed by atoms with Crippen LogP contribution in [0.25, 0.3) is 0 Å². The SMILES string of the molecule is N=C(C=C(N)OCc1ccccc1F)c1cccc2c1OCC2. The van der Waals surface area contributed by atoms with Crippen molar-refractivity contribution in [1.82, 2.24) is 0 Å². The number of nitrogens with one attached hydrogen (secondary N) is 1. The lowest BCUT2D eigenvalue weighted by molar-refractivity contribution is 0.193. The van der Waals surface area contributed by atoms with E-state index in [2.05, 4.69) is 0 Å². The van der Waals surface area contributed by atoms with Crippen LogP contribution in [0.15, 0.2) is 54.4 Å². The average molecular weight is 312 g/mol. The van der Waals surface area contributed by atoms with Gasteiger partial charge in [-0.15, -0.1) is 0 Å². The van der Waals surface area contributed by atoms with Crippen molar-refractivity contribution in [2.75, 3.05) is 6.61 Å². The van der Waals surface area contributed by atoms with Crippen LogP contribution >= 0.6 is 0 Å². The Kier molecular flexibility index (Phi) is 4.28. The van der Waals surface area contributed by atoms with Crippen LogP contribution in [0.2, 0.25) is 0 Å². The van der Waals surface area contributed by atoms with Crippen LogP contribution in [-0.2, 0) is 17.8 Å². The Morgan fingerprint density at radius 2 is 2.09 bits per heavy atom. The second-order valence-electron chi connectivity index (χ2n) is 5.23. The van der Waals surface area contributed by atoms with E-state index in [1.54, 1.807) is 18.2 Å². The van der Waals surface area contributed by atoms with Gasteiger partial charge in [0.05, 0.1) is 12.3 Å². The smallest absolute Gasteiger partial charge is 0.186 e. The van der Waals surface area contributed by atoms with E-state index in [4.69, 9.17) is 20.6 Å².